The molecule has 0 unspecified atom stereocenters. The second kappa shape index (κ2) is 6.33. The van der Waals surface area contributed by atoms with E-state index in [0.29, 0.717) is 22.4 Å². The van der Waals surface area contributed by atoms with Crippen molar-refractivity contribution >= 4 is 19.1 Å². The maximum Gasteiger partial charge on any atom is 0.258 e. The molecule has 3 heteroatoms. The lowest BCUT2D eigenvalue weighted by Crippen LogP contribution is -2.50. The van der Waals surface area contributed by atoms with Gasteiger partial charge < -0.3 is 9.53 Å². The summed E-state index contributed by atoms with van der Waals surface area (Å²) in [6.45, 7) is 13.6. The van der Waals surface area contributed by atoms with Crippen molar-refractivity contribution in [2.75, 3.05) is 0 Å². The van der Waals surface area contributed by atoms with Gasteiger partial charge in [-0.15, -0.1) is 0 Å². The minimum Gasteiger partial charge on any atom is -0.543 e. The first-order chi connectivity index (χ1) is 10.3. The zero-order valence-electron chi connectivity index (χ0n) is 14.6. The summed E-state index contributed by atoms with van der Waals surface area (Å²) in [6.07, 6.45) is 0. The molecular weight excluding hydrogens is 288 g/mol. The number of phenols is 1. The van der Waals surface area contributed by atoms with Crippen LogP contribution in [-0.4, -0.2) is 13.4 Å². The van der Waals surface area contributed by atoms with Gasteiger partial charge in [-0.2, -0.15) is 0 Å². The van der Waals surface area contributed by atoms with Gasteiger partial charge >= 0.3 is 0 Å². The van der Waals surface area contributed by atoms with Gasteiger partial charge in [-0.25, -0.2) is 0 Å². The summed E-state index contributed by atoms with van der Waals surface area (Å²) in [5.41, 5.74) is 1.54. The van der Waals surface area contributed by atoms with Crippen LogP contribution >= 0.6 is 0 Å². The number of hydrogen-bond acceptors (Lipinski definition) is 2. The fraction of sp³-hybridized carbons (Fsp3) is 0.474. The summed E-state index contributed by atoms with van der Waals surface area (Å²) >= 11 is 0. The van der Waals surface area contributed by atoms with E-state index in [2.05, 4.69) is 47.6 Å². The van der Waals surface area contributed by atoms with E-state index in [4.69, 9.17) is 4.43 Å². The maximum atomic E-state index is 10.3. The Bertz CT molecular complexity index is 625. The molecule has 0 bridgehead atoms. The van der Waals surface area contributed by atoms with Crippen molar-refractivity contribution in [1.82, 2.24) is 0 Å². The Morgan fingerprint density at radius 3 is 1.95 bits per heavy atom. The Hall–Kier alpha value is -1.48. The molecule has 0 fully saturated rings. The number of fused-ring (bicyclic) bond motifs is 1. The molecule has 0 aliphatic heterocycles. The minimum absolute atomic E-state index is 0.298. The molecule has 120 valence electrons. The van der Waals surface area contributed by atoms with Crippen LogP contribution in [0, 0.1) is 0 Å². The molecule has 0 saturated heterocycles. The Labute approximate surface area is 135 Å². The average Bonchev–Trinajstić information content (AvgIpc) is 2.43. The first kappa shape index (κ1) is 16.9. The van der Waals surface area contributed by atoms with Gasteiger partial charge in [0.25, 0.3) is 8.32 Å². The Kier molecular flexibility index (Phi) is 4.86. The normalized spacial score (nSPS) is 12.6. The van der Waals surface area contributed by atoms with Crippen LogP contribution in [0.5, 0.6) is 11.5 Å². The third-order valence-electron chi connectivity index (χ3n) is 4.82. The average molecular weight is 317 g/mol. The van der Waals surface area contributed by atoms with E-state index in [0.717, 1.165) is 16.5 Å². The molecule has 0 saturated carbocycles. The molecule has 2 nitrogen and oxygen atoms in total. The number of phenolic OH excluding ortho intramolecular Hbond substituents is 1. The standard InChI is InChI=1S/C19H28O2Si/c1-13(2)22(14(3)4,15(5)6)21-17-11-16-9-7-8-10-18(16)19(20)12-17/h7-15,20H,1-6H3. The number of aromatic hydroxyl groups is 1. The smallest absolute Gasteiger partial charge is 0.258 e. The van der Waals surface area contributed by atoms with Gasteiger partial charge in [-0.3, -0.25) is 0 Å². The van der Waals surface area contributed by atoms with Crippen LogP contribution in [0.4, 0.5) is 0 Å². The van der Waals surface area contributed by atoms with E-state index in [9.17, 15) is 5.11 Å². The summed E-state index contributed by atoms with van der Waals surface area (Å²) in [5.74, 6) is 1.10. The molecule has 0 spiro atoms. The van der Waals surface area contributed by atoms with Crippen molar-refractivity contribution in [3.63, 3.8) is 0 Å². The summed E-state index contributed by atoms with van der Waals surface area (Å²) < 4.78 is 6.65. The van der Waals surface area contributed by atoms with Gasteiger partial charge in [0.15, 0.2) is 0 Å². The van der Waals surface area contributed by atoms with Crippen LogP contribution in [0.15, 0.2) is 36.4 Å². The quantitative estimate of drug-likeness (QED) is 0.675. The predicted molar refractivity (Wildman–Crippen MR) is 97.3 cm³/mol. The van der Waals surface area contributed by atoms with Crippen LogP contribution in [0.3, 0.4) is 0 Å². The number of hydrogen-bond donors (Lipinski definition) is 1. The first-order valence-corrected chi connectivity index (χ1v) is 10.3. The van der Waals surface area contributed by atoms with Crippen molar-refractivity contribution in [2.24, 2.45) is 0 Å². The van der Waals surface area contributed by atoms with Crippen LogP contribution in [-0.2, 0) is 0 Å². The molecule has 22 heavy (non-hydrogen) atoms. The highest BCUT2D eigenvalue weighted by Crippen LogP contribution is 2.43. The monoisotopic (exact) mass is 316 g/mol. The second-order valence-electron chi connectivity index (χ2n) is 7.08. The highest BCUT2D eigenvalue weighted by atomic mass is 28.4. The van der Waals surface area contributed by atoms with Gasteiger partial charge in [0.2, 0.25) is 0 Å². The summed E-state index contributed by atoms with van der Waals surface area (Å²) in [5, 5.41) is 12.2. The minimum atomic E-state index is -1.99. The lowest BCUT2D eigenvalue weighted by atomic mass is 10.1. The topological polar surface area (TPSA) is 29.5 Å². The van der Waals surface area contributed by atoms with E-state index in [1.54, 1.807) is 6.07 Å². The Morgan fingerprint density at radius 1 is 0.864 bits per heavy atom. The zero-order valence-corrected chi connectivity index (χ0v) is 15.6. The molecule has 2 aromatic rings. The van der Waals surface area contributed by atoms with E-state index < -0.39 is 8.32 Å². The molecule has 0 aromatic heterocycles. The SMILES string of the molecule is CC(C)[Si](Oc1cc(O)c2ccccc2c1)(C(C)C)C(C)C. The lowest BCUT2D eigenvalue weighted by molar-refractivity contribution is 0.461. The van der Waals surface area contributed by atoms with Crippen LogP contribution in [0.25, 0.3) is 10.8 Å². The first-order valence-electron chi connectivity index (χ1n) is 8.19. The molecule has 0 atom stereocenters. The molecule has 0 heterocycles. The molecule has 2 aromatic carbocycles. The van der Waals surface area contributed by atoms with E-state index in [1.807, 2.05) is 24.3 Å². The van der Waals surface area contributed by atoms with Crippen LogP contribution < -0.4 is 4.43 Å². The van der Waals surface area contributed by atoms with Crippen molar-refractivity contribution in [3.05, 3.63) is 36.4 Å². The third kappa shape index (κ3) is 2.87. The number of rotatable bonds is 5. The van der Waals surface area contributed by atoms with Crippen LogP contribution in [0.2, 0.25) is 16.6 Å². The van der Waals surface area contributed by atoms with Gasteiger partial charge in [0, 0.05) is 11.5 Å². The van der Waals surface area contributed by atoms with Gasteiger partial charge in [0.05, 0.1) is 0 Å². The maximum absolute atomic E-state index is 10.3. The molecule has 0 aliphatic rings. The lowest BCUT2D eigenvalue weighted by Gasteiger charge is -2.42. The number of benzene rings is 2. The highest BCUT2D eigenvalue weighted by Gasteiger charge is 2.47. The second-order valence-corrected chi connectivity index (χ2v) is 12.5. The van der Waals surface area contributed by atoms with Gasteiger partial charge in [-0.05, 0) is 28.1 Å². The predicted octanol–water partition coefficient (Wildman–Crippen LogP) is 6.10. The molecule has 0 radical (unpaired) electrons. The fourth-order valence-electron chi connectivity index (χ4n) is 3.88. The molecule has 0 aliphatic carbocycles. The summed E-state index contributed by atoms with van der Waals surface area (Å²) in [6, 6.07) is 11.7. The zero-order chi connectivity index (χ0) is 16.5. The largest absolute Gasteiger partial charge is 0.543 e. The van der Waals surface area contributed by atoms with E-state index in [1.165, 1.54) is 0 Å². The molecule has 1 N–H and O–H groups in total. The van der Waals surface area contributed by atoms with E-state index in [-0.39, 0.29) is 0 Å². The summed E-state index contributed by atoms with van der Waals surface area (Å²) in [4.78, 5) is 0. The molecule has 0 amide bonds. The summed E-state index contributed by atoms with van der Waals surface area (Å²) in [7, 11) is -1.99. The van der Waals surface area contributed by atoms with Crippen molar-refractivity contribution < 1.29 is 9.53 Å². The van der Waals surface area contributed by atoms with Crippen molar-refractivity contribution in [1.29, 1.82) is 0 Å². The Morgan fingerprint density at radius 2 is 1.41 bits per heavy atom. The van der Waals surface area contributed by atoms with Gasteiger partial charge in [0.1, 0.15) is 11.5 Å². The fourth-order valence-corrected chi connectivity index (χ4v) is 9.11. The molecule has 2 rings (SSSR count). The Balaban J connectivity index is 2.51. The third-order valence-corrected chi connectivity index (χ3v) is 10.8. The van der Waals surface area contributed by atoms with Gasteiger partial charge in [-0.1, -0.05) is 65.8 Å². The molecular formula is C19H28O2Si. The van der Waals surface area contributed by atoms with E-state index >= 15 is 0 Å². The van der Waals surface area contributed by atoms with Crippen LogP contribution in [0.1, 0.15) is 41.5 Å². The van der Waals surface area contributed by atoms with Crippen molar-refractivity contribution in [2.45, 2.75) is 58.2 Å². The van der Waals surface area contributed by atoms with Crippen molar-refractivity contribution in [3.8, 4) is 11.5 Å². The highest BCUT2D eigenvalue weighted by molar-refractivity contribution is 6.78.